The van der Waals surface area contributed by atoms with Crippen LogP contribution in [0.25, 0.3) is 11.0 Å². The van der Waals surface area contributed by atoms with Crippen LogP contribution >= 0.6 is 46.4 Å². The zero-order chi connectivity index (χ0) is 22.8. The molecule has 2 N–H and O–H groups in total. The molecule has 32 heavy (non-hydrogen) atoms. The Morgan fingerprint density at radius 1 is 0.875 bits per heavy atom. The number of nitrogens with zero attached hydrogens (tertiary/aromatic N) is 1. The summed E-state index contributed by atoms with van der Waals surface area (Å²) in [4.78, 5) is 18.8. The molecule has 1 amide bonds. The molecule has 0 atom stereocenters. The van der Waals surface area contributed by atoms with Crippen LogP contribution in [-0.4, -0.2) is 23.2 Å². The lowest BCUT2D eigenvalue weighted by atomic mass is 10.2. The molecule has 1 heterocycles. The topological polar surface area (TPSA) is 85.5 Å². The maximum Gasteiger partial charge on any atom is 0.413 e. The number of carbonyl (C=O) groups excluding carboxylic acids is 1. The number of rotatable bonds is 5. The first-order valence-corrected chi connectivity index (χ1v) is 10.5. The first-order valence-electron chi connectivity index (χ1n) is 8.98. The third-order valence-electron chi connectivity index (χ3n) is 4.23. The quantitative estimate of drug-likeness (QED) is 0.283. The van der Waals surface area contributed by atoms with Crippen LogP contribution in [-0.2, 0) is 4.74 Å². The van der Waals surface area contributed by atoms with E-state index in [1.165, 1.54) is 7.11 Å². The maximum atomic E-state index is 11.5. The summed E-state index contributed by atoms with van der Waals surface area (Å²) in [5.41, 5.74) is 1.03. The molecular weight excluding hydrogens is 500 g/mol. The molecule has 0 unspecified atom stereocenters. The van der Waals surface area contributed by atoms with Gasteiger partial charge in [0.1, 0.15) is 21.5 Å². The molecule has 4 aromatic rings. The van der Waals surface area contributed by atoms with Crippen molar-refractivity contribution in [2.45, 2.75) is 0 Å². The number of nitrogens with one attached hydrogen (secondary N) is 2. The van der Waals surface area contributed by atoms with Gasteiger partial charge in [-0.15, -0.1) is 0 Å². The Morgan fingerprint density at radius 2 is 1.44 bits per heavy atom. The summed E-state index contributed by atoms with van der Waals surface area (Å²) in [6.07, 6.45) is -0.673. The van der Waals surface area contributed by atoms with Crippen molar-refractivity contribution in [3.05, 3.63) is 68.6 Å². The van der Waals surface area contributed by atoms with Gasteiger partial charge in [0.05, 0.1) is 28.2 Å². The Hall–Kier alpha value is -2.84. The van der Waals surface area contributed by atoms with Crippen molar-refractivity contribution in [3.8, 4) is 23.0 Å². The number of imidazole rings is 1. The SMILES string of the molecule is COC(=O)Nc1nc2cc(Oc3cccc(Cl)c3Cl)c(Oc3cccc(Cl)c3Cl)cc2[nH]1. The van der Waals surface area contributed by atoms with Gasteiger partial charge < -0.3 is 19.2 Å². The third kappa shape index (κ3) is 4.66. The first kappa shape index (κ1) is 22.4. The number of amides is 1. The van der Waals surface area contributed by atoms with Crippen molar-refractivity contribution in [1.82, 2.24) is 9.97 Å². The molecule has 0 aliphatic heterocycles. The molecular formula is C21H13Cl4N3O4. The summed E-state index contributed by atoms with van der Waals surface area (Å²) < 4.78 is 16.6. The lowest BCUT2D eigenvalue weighted by Crippen LogP contribution is -2.11. The summed E-state index contributed by atoms with van der Waals surface area (Å²) in [7, 11) is 1.25. The Bertz CT molecular complexity index is 1240. The lowest BCUT2D eigenvalue weighted by Gasteiger charge is -2.14. The molecule has 0 aliphatic rings. The molecule has 0 aliphatic carbocycles. The minimum Gasteiger partial charge on any atom is -0.453 e. The minimum atomic E-state index is -0.673. The number of anilines is 1. The van der Waals surface area contributed by atoms with Crippen LogP contribution in [0.3, 0.4) is 0 Å². The number of aromatic nitrogens is 2. The van der Waals surface area contributed by atoms with Crippen LogP contribution in [0.15, 0.2) is 48.5 Å². The van der Waals surface area contributed by atoms with Crippen molar-refractivity contribution in [1.29, 1.82) is 0 Å². The van der Waals surface area contributed by atoms with Gasteiger partial charge in [-0.2, -0.15) is 0 Å². The summed E-state index contributed by atoms with van der Waals surface area (Å²) in [6, 6.07) is 13.2. The van der Waals surface area contributed by atoms with Gasteiger partial charge in [0, 0.05) is 12.1 Å². The largest absolute Gasteiger partial charge is 0.453 e. The van der Waals surface area contributed by atoms with Gasteiger partial charge >= 0.3 is 6.09 Å². The Morgan fingerprint density at radius 3 is 2.00 bits per heavy atom. The number of halogens is 4. The fraction of sp³-hybridized carbons (Fsp3) is 0.0476. The molecule has 0 saturated carbocycles. The summed E-state index contributed by atoms with van der Waals surface area (Å²) in [5, 5.41) is 3.59. The number of carbonyl (C=O) groups is 1. The molecule has 7 nitrogen and oxygen atoms in total. The van der Waals surface area contributed by atoms with Crippen LogP contribution in [0.5, 0.6) is 23.0 Å². The van der Waals surface area contributed by atoms with Crippen LogP contribution in [0.4, 0.5) is 10.7 Å². The van der Waals surface area contributed by atoms with Crippen molar-refractivity contribution in [2.75, 3.05) is 12.4 Å². The van der Waals surface area contributed by atoms with E-state index in [1.54, 1.807) is 48.5 Å². The molecule has 3 aromatic carbocycles. The van der Waals surface area contributed by atoms with E-state index in [9.17, 15) is 4.79 Å². The van der Waals surface area contributed by atoms with Crippen molar-refractivity contribution in [3.63, 3.8) is 0 Å². The lowest BCUT2D eigenvalue weighted by molar-refractivity contribution is 0.186. The molecule has 11 heteroatoms. The van der Waals surface area contributed by atoms with Gasteiger partial charge in [0.2, 0.25) is 5.95 Å². The van der Waals surface area contributed by atoms with E-state index < -0.39 is 6.09 Å². The number of H-pyrrole nitrogens is 1. The van der Waals surface area contributed by atoms with Gasteiger partial charge in [-0.05, 0) is 24.3 Å². The Labute approximate surface area is 202 Å². The van der Waals surface area contributed by atoms with Crippen molar-refractivity contribution < 1.29 is 19.0 Å². The summed E-state index contributed by atoms with van der Waals surface area (Å²) >= 11 is 24.8. The van der Waals surface area contributed by atoms with Crippen molar-refractivity contribution >= 4 is 69.5 Å². The fourth-order valence-electron chi connectivity index (χ4n) is 2.75. The second-order valence-corrected chi connectivity index (χ2v) is 7.90. The average Bonchev–Trinajstić information content (AvgIpc) is 3.15. The zero-order valence-corrected chi connectivity index (χ0v) is 19.2. The highest BCUT2D eigenvalue weighted by Crippen LogP contribution is 2.43. The normalized spacial score (nSPS) is 10.8. The van der Waals surface area contributed by atoms with Gasteiger partial charge in [-0.1, -0.05) is 58.5 Å². The van der Waals surface area contributed by atoms with E-state index in [2.05, 4.69) is 20.0 Å². The van der Waals surface area contributed by atoms with E-state index in [1.807, 2.05) is 0 Å². The number of aromatic amines is 1. The van der Waals surface area contributed by atoms with E-state index in [0.717, 1.165) is 0 Å². The molecule has 1 aromatic heterocycles. The first-order chi connectivity index (χ1) is 15.4. The minimum absolute atomic E-state index is 0.177. The standard InChI is InChI=1S/C21H13Cl4N3O4/c1-30-21(29)28-20-26-12-8-16(31-14-6-2-4-10(22)18(14)24)17(9-13(12)27-20)32-15-7-3-5-11(23)19(15)25/h2-9H,1H3,(H2,26,27,28,29). The number of methoxy groups -OCH3 is 1. The third-order valence-corrected chi connectivity index (χ3v) is 5.83. The van der Waals surface area contributed by atoms with Crippen LogP contribution in [0.1, 0.15) is 0 Å². The van der Waals surface area contributed by atoms with Gasteiger partial charge in [-0.3, -0.25) is 5.32 Å². The van der Waals surface area contributed by atoms with E-state index in [4.69, 9.17) is 55.9 Å². The van der Waals surface area contributed by atoms with Crippen LogP contribution in [0.2, 0.25) is 20.1 Å². The van der Waals surface area contributed by atoms with E-state index in [0.29, 0.717) is 32.6 Å². The number of ether oxygens (including phenoxy) is 3. The van der Waals surface area contributed by atoms with Crippen LogP contribution < -0.4 is 14.8 Å². The van der Waals surface area contributed by atoms with Gasteiger partial charge in [0.25, 0.3) is 0 Å². The molecule has 0 saturated heterocycles. The Balaban J connectivity index is 1.80. The van der Waals surface area contributed by atoms with Gasteiger partial charge in [-0.25, -0.2) is 9.78 Å². The molecule has 0 spiro atoms. The highest BCUT2D eigenvalue weighted by molar-refractivity contribution is 6.43. The second kappa shape index (κ2) is 9.34. The smallest absolute Gasteiger partial charge is 0.413 e. The molecule has 0 bridgehead atoms. The van der Waals surface area contributed by atoms with Crippen molar-refractivity contribution in [2.24, 2.45) is 0 Å². The number of benzene rings is 3. The molecule has 4 rings (SSSR count). The number of hydrogen-bond acceptors (Lipinski definition) is 5. The highest BCUT2D eigenvalue weighted by atomic mass is 35.5. The molecule has 0 radical (unpaired) electrons. The van der Waals surface area contributed by atoms with Crippen LogP contribution in [0, 0.1) is 0 Å². The molecule has 164 valence electrons. The Kier molecular flexibility index (Phi) is 6.53. The summed E-state index contributed by atoms with van der Waals surface area (Å²) in [5.74, 6) is 1.35. The molecule has 0 fully saturated rings. The van der Waals surface area contributed by atoms with Gasteiger partial charge in [0.15, 0.2) is 11.5 Å². The predicted octanol–water partition coefficient (Wildman–Crippen LogP) is 7.94. The highest BCUT2D eigenvalue weighted by Gasteiger charge is 2.17. The zero-order valence-electron chi connectivity index (χ0n) is 16.2. The monoisotopic (exact) mass is 511 g/mol. The van der Waals surface area contributed by atoms with E-state index >= 15 is 0 Å². The average molecular weight is 513 g/mol. The second-order valence-electron chi connectivity index (χ2n) is 6.33. The maximum absolute atomic E-state index is 11.5. The summed E-state index contributed by atoms with van der Waals surface area (Å²) in [6.45, 7) is 0. The number of hydrogen-bond donors (Lipinski definition) is 2. The fourth-order valence-corrected chi connectivity index (χ4v) is 3.41. The predicted molar refractivity (Wildman–Crippen MR) is 125 cm³/mol. The number of fused-ring (bicyclic) bond motifs is 1. The van der Waals surface area contributed by atoms with E-state index in [-0.39, 0.29) is 27.5 Å².